The Morgan fingerprint density at radius 3 is 2.34 bits per heavy atom. The molecule has 0 atom stereocenters. The largest absolute Gasteiger partial charge is 0.309 e. The van der Waals surface area contributed by atoms with Crippen LogP contribution >= 0.6 is 0 Å². The third-order valence-corrected chi connectivity index (χ3v) is 5.32. The standard InChI is InChI=1S/C25H16N4/c1-2-7-17(8-3-1)29-22-11-5-4-9-19(22)24-18(10-6-12-23(24)29)20-13-14-21-25(28-20)27-16-15-26-21/h1-16H. The zero-order valence-electron chi connectivity index (χ0n) is 15.5. The van der Waals surface area contributed by atoms with Gasteiger partial charge in [0.1, 0.15) is 5.52 Å². The molecule has 3 heterocycles. The Hall–Kier alpha value is -4.05. The molecule has 4 nitrogen and oxygen atoms in total. The van der Waals surface area contributed by atoms with E-state index in [1.807, 2.05) is 18.2 Å². The van der Waals surface area contributed by atoms with Gasteiger partial charge in [-0.3, -0.25) is 4.98 Å². The van der Waals surface area contributed by atoms with Crippen LogP contribution in [0, 0.1) is 0 Å². The van der Waals surface area contributed by atoms with Crippen molar-refractivity contribution in [1.29, 1.82) is 0 Å². The Bertz CT molecular complexity index is 1500. The van der Waals surface area contributed by atoms with Gasteiger partial charge in [-0.1, -0.05) is 48.5 Å². The first-order valence-electron chi connectivity index (χ1n) is 9.56. The molecular formula is C25H16N4. The number of pyridine rings is 1. The monoisotopic (exact) mass is 372 g/mol. The minimum atomic E-state index is 0.661. The highest BCUT2D eigenvalue weighted by atomic mass is 15.0. The Morgan fingerprint density at radius 2 is 1.41 bits per heavy atom. The van der Waals surface area contributed by atoms with Crippen LogP contribution in [-0.2, 0) is 0 Å². The van der Waals surface area contributed by atoms with Gasteiger partial charge in [0.05, 0.1) is 16.7 Å². The number of nitrogens with zero attached hydrogens (tertiary/aromatic N) is 4. The number of aromatic nitrogens is 4. The molecule has 0 unspecified atom stereocenters. The van der Waals surface area contributed by atoms with Gasteiger partial charge in [0.15, 0.2) is 5.65 Å². The number of hydrogen-bond acceptors (Lipinski definition) is 3. The van der Waals surface area contributed by atoms with Gasteiger partial charge in [0.2, 0.25) is 0 Å². The van der Waals surface area contributed by atoms with Crippen molar-refractivity contribution in [3.05, 3.63) is 97.3 Å². The van der Waals surface area contributed by atoms with E-state index < -0.39 is 0 Å². The average Bonchev–Trinajstić information content (AvgIpc) is 3.14. The smallest absolute Gasteiger partial charge is 0.178 e. The Kier molecular flexibility index (Phi) is 3.43. The van der Waals surface area contributed by atoms with Gasteiger partial charge in [-0.25, -0.2) is 9.97 Å². The van der Waals surface area contributed by atoms with Crippen molar-refractivity contribution in [2.24, 2.45) is 0 Å². The van der Waals surface area contributed by atoms with Crippen molar-refractivity contribution in [2.75, 3.05) is 0 Å². The van der Waals surface area contributed by atoms with Gasteiger partial charge >= 0.3 is 0 Å². The highest BCUT2D eigenvalue weighted by molar-refractivity contribution is 6.15. The summed E-state index contributed by atoms with van der Waals surface area (Å²) < 4.78 is 2.31. The summed E-state index contributed by atoms with van der Waals surface area (Å²) in [6.07, 6.45) is 3.37. The van der Waals surface area contributed by atoms with E-state index in [0.717, 1.165) is 28.0 Å². The minimum absolute atomic E-state index is 0.661. The SMILES string of the molecule is c1ccc(-n2c3ccccc3c3c(-c4ccc5nccnc5n4)cccc32)cc1. The van der Waals surface area contributed by atoms with Crippen LogP contribution in [-0.4, -0.2) is 19.5 Å². The highest BCUT2D eigenvalue weighted by Crippen LogP contribution is 2.37. The van der Waals surface area contributed by atoms with E-state index >= 15 is 0 Å². The first-order chi connectivity index (χ1) is 14.4. The molecule has 0 fully saturated rings. The van der Waals surface area contributed by atoms with Gasteiger partial charge in [-0.15, -0.1) is 0 Å². The summed E-state index contributed by atoms with van der Waals surface area (Å²) in [4.78, 5) is 13.5. The second-order valence-electron chi connectivity index (χ2n) is 6.98. The number of benzene rings is 3. The lowest BCUT2D eigenvalue weighted by Gasteiger charge is -2.08. The van der Waals surface area contributed by atoms with Gasteiger partial charge in [-0.05, 0) is 36.4 Å². The number of para-hydroxylation sites is 2. The van der Waals surface area contributed by atoms with Crippen LogP contribution in [0.25, 0.3) is 49.9 Å². The van der Waals surface area contributed by atoms with E-state index in [9.17, 15) is 0 Å². The van der Waals surface area contributed by atoms with Crippen LogP contribution in [0.5, 0.6) is 0 Å². The van der Waals surface area contributed by atoms with Crippen molar-refractivity contribution in [1.82, 2.24) is 19.5 Å². The molecule has 0 saturated heterocycles. The summed E-state index contributed by atoms with van der Waals surface area (Å²) in [6, 6.07) is 29.4. The maximum absolute atomic E-state index is 4.80. The van der Waals surface area contributed by atoms with Crippen LogP contribution in [0.2, 0.25) is 0 Å². The second kappa shape index (κ2) is 6.24. The predicted molar refractivity (Wildman–Crippen MR) is 117 cm³/mol. The third kappa shape index (κ3) is 2.43. The first-order valence-corrected chi connectivity index (χ1v) is 9.56. The second-order valence-corrected chi connectivity index (χ2v) is 6.98. The number of fused-ring (bicyclic) bond motifs is 4. The van der Waals surface area contributed by atoms with Crippen LogP contribution in [0.4, 0.5) is 0 Å². The summed E-state index contributed by atoms with van der Waals surface area (Å²) in [7, 11) is 0. The lowest BCUT2D eigenvalue weighted by atomic mass is 10.0. The number of rotatable bonds is 2. The lowest BCUT2D eigenvalue weighted by molar-refractivity contribution is 1.18. The molecule has 3 aromatic heterocycles. The first kappa shape index (κ1) is 16.0. The van der Waals surface area contributed by atoms with Gasteiger partial charge in [-0.2, -0.15) is 0 Å². The maximum atomic E-state index is 4.80. The molecule has 0 aliphatic carbocycles. The molecule has 6 aromatic rings. The molecule has 0 aliphatic rings. The topological polar surface area (TPSA) is 43.6 Å². The van der Waals surface area contributed by atoms with Crippen LogP contribution in [0.3, 0.4) is 0 Å². The molecule has 29 heavy (non-hydrogen) atoms. The minimum Gasteiger partial charge on any atom is -0.309 e. The van der Waals surface area contributed by atoms with Crippen molar-refractivity contribution in [3.8, 4) is 16.9 Å². The molecule has 0 saturated carbocycles. The predicted octanol–water partition coefficient (Wildman–Crippen LogP) is 5.79. The van der Waals surface area contributed by atoms with Crippen molar-refractivity contribution in [2.45, 2.75) is 0 Å². The molecule has 0 aliphatic heterocycles. The Morgan fingerprint density at radius 1 is 0.621 bits per heavy atom. The molecule has 0 spiro atoms. The highest BCUT2D eigenvalue weighted by Gasteiger charge is 2.16. The fourth-order valence-corrected chi connectivity index (χ4v) is 4.09. The molecule has 6 rings (SSSR count). The summed E-state index contributed by atoms with van der Waals surface area (Å²) >= 11 is 0. The molecule has 0 N–H and O–H groups in total. The van der Waals surface area contributed by atoms with Gasteiger partial charge in [0, 0.05) is 34.4 Å². The van der Waals surface area contributed by atoms with E-state index in [-0.39, 0.29) is 0 Å². The molecule has 0 amide bonds. The quantitative estimate of drug-likeness (QED) is 0.386. The van der Waals surface area contributed by atoms with Crippen LogP contribution in [0.15, 0.2) is 97.3 Å². The Labute approximate surface area is 167 Å². The van der Waals surface area contributed by atoms with Gasteiger partial charge < -0.3 is 4.57 Å². The van der Waals surface area contributed by atoms with E-state index in [4.69, 9.17) is 4.98 Å². The molecule has 0 radical (unpaired) electrons. The third-order valence-electron chi connectivity index (χ3n) is 5.32. The van der Waals surface area contributed by atoms with Crippen LogP contribution < -0.4 is 0 Å². The van der Waals surface area contributed by atoms with Crippen molar-refractivity contribution < 1.29 is 0 Å². The number of hydrogen-bond donors (Lipinski definition) is 0. The lowest BCUT2D eigenvalue weighted by Crippen LogP contribution is -1.93. The maximum Gasteiger partial charge on any atom is 0.178 e. The van der Waals surface area contributed by atoms with Gasteiger partial charge in [0.25, 0.3) is 0 Å². The Balaban J connectivity index is 1.73. The van der Waals surface area contributed by atoms with E-state index in [2.05, 4.69) is 81.3 Å². The molecular weight excluding hydrogens is 356 g/mol. The summed E-state index contributed by atoms with van der Waals surface area (Å²) in [5.74, 6) is 0. The van der Waals surface area contributed by atoms with E-state index in [0.29, 0.717) is 5.65 Å². The molecule has 0 bridgehead atoms. The average molecular weight is 372 g/mol. The molecule has 136 valence electrons. The zero-order chi connectivity index (χ0) is 19.2. The fourth-order valence-electron chi connectivity index (χ4n) is 4.09. The van der Waals surface area contributed by atoms with E-state index in [1.54, 1.807) is 12.4 Å². The summed E-state index contributed by atoms with van der Waals surface area (Å²) in [5.41, 5.74) is 6.95. The van der Waals surface area contributed by atoms with Crippen LogP contribution in [0.1, 0.15) is 0 Å². The zero-order valence-corrected chi connectivity index (χ0v) is 15.5. The van der Waals surface area contributed by atoms with Crippen molar-refractivity contribution in [3.63, 3.8) is 0 Å². The summed E-state index contributed by atoms with van der Waals surface area (Å²) in [5, 5.41) is 2.41. The summed E-state index contributed by atoms with van der Waals surface area (Å²) in [6.45, 7) is 0. The molecule has 4 heteroatoms. The normalized spacial score (nSPS) is 11.4. The molecule has 3 aromatic carbocycles. The van der Waals surface area contributed by atoms with Crippen molar-refractivity contribution >= 4 is 33.0 Å². The van der Waals surface area contributed by atoms with E-state index in [1.165, 1.54) is 16.3 Å². The fraction of sp³-hybridized carbons (Fsp3) is 0.